The molecule has 0 radical (unpaired) electrons. The van der Waals surface area contributed by atoms with Gasteiger partial charge in [0.15, 0.2) is 0 Å². The molecule has 1 unspecified atom stereocenters. The number of hydrogen-bond acceptors (Lipinski definition) is 3. The minimum atomic E-state index is 0.728. The molecule has 108 valence electrons. The summed E-state index contributed by atoms with van der Waals surface area (Å²) in [7, 11) is 0. The summed E-state index contributed by atoms with van der Waals surface area (Å²) in [6, 6.07) is 8.43. The Hall–Kier alpha value is -0.670. The second kappa shape index (κ2) is 10.2. The predicted octanol–water partition coefficient (Wildman–Crippen LogP) is 3.95. The van der Waals surface area contributed by atoms with Crippen molar-refractivity contribution in [1.29, 1.82) is 0 Å². The molecule has 19 heavy (non-hydrogen) atoms. The Balaban J connectivity index is 2.24. The van der Waals surface area contributed by atoms with Crippen LogP contribution in [0, 0.1) is 5.92 Å². The second-order valence-electron chi connectivity index (χ2n) is 5.04. The molecule has 0 aliphatic heterocycles. The molecule has 0 spiro atoms. The summed E-state index contributed by atoms with van der Waals surface area (Å²) in [5.74, 6) is 2.93. The first-order valence-electron chi connectivity index (χ1n) is 7.17. The lowest BCUT2D eigenvalue weighted by atomic mass is 10.2. The maximum atomic E-state index is 5.65. The van der Waals surface area contributed by atoms with E-state index in [0.717, 1.165) is 37.8 Å². The van der Waals surface area contributed by atoms with E-state index in [-0.39, 0.29) is 0 Å². The summed E-state index contributed by atoms with van der Waals surface area (Å²) in [4.78, 5) is 0. The van der Waals surface area contributed by atoms with Crippen LogP contribution in [0.15, 0.2) is 24.3 Å². The van der Waals surface area contributed by atoms with Gasteiger partial charge in [-0.15, -0.1) is 0 Å². The first-order valence-corrected chi connectivity index (χ1v) is 8.57. The number of rotatable bonds is 10. The first-order chi connectivity index (χ1) is 9.26. The highest BCUT2D eigenvalue weighted by Crippen LogP contribution is 2.12. The van der Waals surface area contributed by atoms with Gasteiger partial charge in [-0.25, -0.2) is 0 Å². The topological polar surface area (TPSA) is 21.3 Å². The number of nitrogens with one attached hydrogen (secondary N) is 1. The maximum absolute atomic E-state index is 5.65. The molecule has 1 atom stereocenters. The molecular formula is C16H27NOS. The molecule has 1 rings (SSSR count). The monoisotopic (exact) mass is 281 g/mol. The summed E-state index contributed by atoms with van der Waals surface area (Å²) < 4.78 is 5.65. The number of benzene rings is 1. The molecule has 0 saturated carbocycles. The average molecular weight is 281 g/mol. The highest BCUT2D eigenvalue weighted by Gasteiger charge is 2.00. The van der Waals surface area contributed by atoms with E-state index in [9.17, 15) is 0 Å². The van der Waals surface area contributed by atoms with Crippen LogP contribution in [0.3, 0.4) is 0 Å². The normalized spacial score (nSPS) is 12.4. The fourth-order valence-corrected chi connectivity index (χ4v) is 2.53. The van der Waals surface area contributed by atoms with Crippen molar-refractivity contribution in [3.05, 3.63) is 29.8 Å². The zero-order chi connectivity index (χ0) is 13.9. The standard InChI is InChI=1S/C16H27NOS/c1-4-5-10-18-16-8-6-15(7-9-16)12-17-11-14(2)13-19-3/h6-9,14,17H,4-5,10-13H2,1-3H3. The van der Waals surface area contributed by atoms with Crippen molar-refractivity contribution < 1.29 is 4.74 Å². The maximum Gasteiger partial charge on any atom is 0.119 e. The number of thioether (sulfide) groups is 1. The fraction of sp³-hybridized carbons (Fsp3) is 0.625. The summed E-state index contributed by atoms with van der Waals surface area (Å²) in [6.07, 6.45) is 4.46. The van der Waals surface area contributed by atoms with Crippen LogP contribution in [-0.4, -0.2) is 25.2 Å². The summed E-state index contributed by atoms with van der Waals surface area (Å²) >= 11 is 1.91. The Bertz CT molecular complexity index is 326. The smallest absolute Gasteiger partial charge is 0.119 e. The van der Waals surface area contributed by atoms with Crippen LogP contribution in [0.5, 0.6) is 5.75 Å². The zero-order valence-electron chi connectivity index (χ0n) is 12.4. The highest BCUT2D eigenvalue weighted by atomic mass is 32.2. The van der Waals surface area contributed by atoms with Crippen LogP contribution in [0.4, 0.5) is 0 Å². The lowest BCUT2D eigenvalue weighted by molar-refractivity contribution is 0.309. The van der Waals surface area contributed by atoms with Gasteiger partial charge in [0.1, 0.15) is 5.75 Å². The first kappa shape index (κ1) is 16.4. The van der Waals surface area contributed by atoms with Crippen LogP contribution in [-0.2, 0) is 6.54 Å². The molecule has 0 saturated heterocycles. The van der Waals surface area contributed by atoms with Crippen LogP contribution in [0.2, 0.25) is 0 Å². The average Bonchev–Trinajstić information content (AvgIpc) is 2.41. The fourth-order valence-electron chi connectivity index (χ4n) is 1.84. The van der Waals surface area contributed by atoms with Gasteiger partial charge >= 0.3 is 0 Å². The Morgan fingerprint density at radius 3 is 2.63 bits per heavy atom. The third kappa shape index (κ3) is 7.48. The number of hydrogen-bond donors (Lipinski definition) is 1. The second-order valence-corrected chi connectivity index (χ2v) is 5.95. The molecule has 0 amide bonds. The summed E-state index contributed by atoms with van der Waals surface area (Å²) in [5.41, 5.74) is 1.32. The van der Waals surface area contributed by atoms with E-state index in [1.807, 2.05) is 11.8 Å². The van der Waals surface area contributed by atoms with Crippen LogP contribution in [0.1, 0.15) is 32.3 Å². The van der Waals surface area contributed by atoms with E-state index in [2.05, 4.69) is 49.7 Å². The van der Waals surface area contributed by atoms with E-state index in [1.165, 1.54) is 17.7 Å². The molecule has 0 fully saturated rings. The van der Waals surface area contributed by atoms with Crippen molar-refractivity contribution in [2.45, 2.75) is 33.2 Å². The molecule has 3 heteroatoms. The Labute approximate surface area is 122 Å². The van der Waals surface area contributed by atoms with E-state index in [0.29, 0.717) is 0 Å². The van der Waals surface area contributed by atoms with Crippen molar-refractivity contribution >= 4 is 11.8 Å². The highest BCUT2D eigenvalue weighted by molar-refractivity contribution is 7.98. The van der Waals surface area contributed by atoms with Gasteiger partial charge in [-0.1, -0.05) is 32.4 Å². The lowest BCUT2D eigenvalue weighted by Gasteiger charge is -2.11. The lowest BCUT2D eigenvalue weighted by Crippen LogP contribution is -2.21. The molecule has 0 bridgehead atoms. The van der Waals surface area contributed by atoms with E-state index >= 15 is 0 Å². The van der Waals surface area contributed by atoms with Gasteiger partial charge in [0.05, 0.1) is 6.61 Å². The summed E-state index contributed by atoms with van der Waals surface area (Å²) in [6.45, 7) is 7.30. The van der Waals surface area contributed by atoms with Crippen molar-refractivity contribution in [1.82, 2.24) is 5.32 Å². The molecule has 1 aromatic carbocycles. The number of ether oxygens (including phenoxy) is 1. The Morgan fingerprint density at radius 2 is 2.00 bits per heavy atom. The number of unbranched alkanes of at least 4 members (excludes halogenated alkanes) is 1. The van der Waals surface area contributed by atoms with E-state index in [4.69, 9.17) is 4.74 Å². The van der Waals surface area contributed by atoms with E-state index in [1.54, 1.807) is 0 Å². The quantitative estimate of drug-likeness (QED) is 0.656. The molecule has 0 heterocycles. The third-order valence-electron chi connectivity index (χ3n) is 2.96. The van der Waals surface area contributed by atoms with Gasteiger partial charge in [-0.2, -0.15) is 11.8 Å². The predicted molar refractivity (Wildman–Crippen MR) is 86.1 cm³/mol. The third-order valence-corrected chi connectivity index (χ3v) is 3.87. The largest absolute Gasteiger partial charge is 0.494 e. The van der Waals surface area contributed by atoms with Crippen molar-refractivity contribution in [3.8, 4) is 5.75 Å². The van der Waals surface area contributed by atoms with Gasteiger partial charge in [-0.05, 0) is 48.6 Å². The van der Waals surface area contributed by atoms with E-state index < -0.39 is 0 Å². The van der Waals surface area contributed by atoms with Gasteiger partial charge in [0, 0.05) is 6.54 Å². The Morgan fingerprint density at radius 1 is 1.26 bits per heavy atom. The van der Waals surface area contributed by atoms with Crippen LogP contribution >= 0.6 is 11.8 Å². The minimum Gasteiger partial charge on any atom is -0.494 e. The molecule has 0 aliphatic rings. The molecule has 0 aliphatic carbocycles. The zero-order valence-corrected chi connectivity index (χ0v) is 13.3. The Kier molecular flexibility index (Phi) is 8.76. The van der Waals surface area contributed by atoms with Crippen molar-refractivity contribution in [2.75, 3.05) is 25.2 Å². The van der Waals surface area contributed by atoms with Gasteiger partial charge in [0.2, 0.25) is 0 Å². The van der Waals surface area contributed by atoms with Gasteiger partial charge in [-0.3, -0.25) is 0 Å². The van der Waals surface area contributed by atoms with Crippen LogP contribution < -0.4 is 10.1 Å². The van der Waals surface area contributed by atoms with Crippen molar-refractivity contribution in [3.63, 3.8) is 0 Å². The molecule has 0 aromatic heterocycles. The SMILES string of the molecule is CCCCOc1ccc(CNCC(C)CSC)cc1. The van der Waals surface area contributed by atoms with Gasteiger partial charge < -0.3 is 10.1 Å². The molecular weight excluding hydrogens is 254 g/mol. The van der Waals surface area contributed by atoms with Crippen LogP contribution in [0.25, 0.3) is 0 Å². The molecule has 1 aromatic rings. The summed E-state index contributed by atoms with van der Waals surface area (Å²) in [5, 5.41) is 3.50. The molecule has 2 nitrogen and oxygen atoms in total. The molecule has 1 N–H and O–H groups in total. The van der Waals surface area contributed by atoms with Gasteiger partial charge in [0.25, 0.3) is 0 Å². The van der Waals surface area contributed by atoms with Crippen molar-refractivity contribution in [2.24, 2.45) is 5.92 Å². The minimum absolute atomic E-state index is 0.728.